The largest absolute Gasteiger partial charge is 0.505 e. The Morgan fingerprint density at radius 1 is 1.14 bits per heavy atom. The Hall–Kier alpha value is -3.09. The molecular weight excluding hydrogens is 358 g/mol. The van der Waals surface area contributed by atoms with Crippen molar-refractivity contribution in [2.24, 2.45) is 11.8 Å². The van der Waals surface area contributed by atoms with Gasteiger partial charge in [0.2, 0.25) is 5.91 Å². The Kier molecular flexibility index (Phi) is 4.66. The number of hydrogen-bond acceptors (Lipinski definition) is 5. The van der Waals surface area contributed by atoms with Crippen molar-refractivity contribution >= 4 is 11.8 Å². The number of carbonyl (C=O) groups is 2. The van der Waals surface area contributed by atoms with Crippen molar-refractivity contribution in [2.75, 3.05) is 26.7 Å². The third-order valence-electron chi connectivity index (χ3n) is 5.84. The maximum absolute atomic E-state index is 12.9. The van der Waals surface area contributed by atoms with Crippen molar-refractivity contribution in [2.45, 2.75) is 13.0 Å². The Balaban J connectivity index is 1.59. The molecule has 2 aliphatic rings. The Morgan fingerprint density at radius 3 is 2.54 bits per heavy atom. The average Bonchev–Trinajstić information content (AvgIpc) is 3.26. The zero-order chi connectivity index (χ0) is 19.8. The molecule has 0 saturated carbocycles. The number of hydrogen-bond donors (Lipinski definition) is 1. The number of fused-ring (bicyclic) bond motifs is 1. The van der Waals surface area contributed by atoms with E-state index in [2.05, 4.69) is 4.98 Å². The van der Waals surface area contributed by atoms with Crippen LogP contribution in [0.2, 0.25) is 0 Å². The summed E-state index contributed by atoms with van der Waals surface area (Å²) in [5.41, 5.74) is 1.31. The van der Waals surface area contributed by atoms with Crippen LogP contribution in [0.5, 0.6) is 11.5 Å². The molecule has 3 heterocycles. The maximum atomic E-state index is 12.9. The SMILES string of the molecule is COc1ccc([C@H]2[C@@H]3CN(C(=O)c4ccncc4O)C[C@@H]3CN2C(C)=O)cc1. The molecule has 3 atom stereocenters. The Bertz CT molecular complexity index is 899. The van der Waals surface area contributed by atoms with Gasteiger partial charge in [0, 0.05) is 44.6 Å². The molecule has 2 saturated heterocycles. The first-order chi connectivity index (χ1) is 13.5. The van der Waals surface area contributed by atoms with Crippen LogP contribution in [-0.4, -0.2) is 58.4 Å². The number of nitrogens with zero attached hydrogens (tertiary/aromatic N) is 3. The number of rotatable bonds is 3. The molecule has 0 aliphatic carbocycles. The minimum Gasteiger partial charge on any atom is -0.505 e. The highest BCUT2D eigenvalue weighted by Gasteiger charge is 2.49. The Labute approximate surface area is 163 Å². The number of carbonyl (C=O) groups excluding carboxylic acids is 2. The smallest absolute Gasteiger partial charge is 0.257 e. The van der Waals surface area contributed by atoms with Crippen molar-refractivity contribution in [1.82, 2.24) is 14.8 Å². The predicted octanol–water partition coefficient (Wildman–Crippen LogP) is 2.09. The predicted molar refractivity (Wildman–Crippen MR) is 102 cm³/mol. The number of aromatic nitrogens is 1. The van der Waals surface area contributed by atoms with E-state index in [-0.39, 0.29) is 41.0 Å². The maximum Gasteiger partial charge on any atom is 0.257 e. The lowest BCUT2D eigenvalue weighted by atomic mass is 9.89. The second kappa shape index (κ2) is 7.14. The number of ether oxygens (including phenoxy) is 1. The van der Waals surface area contributed by atoms with Gasteiger partial charge in [-0.3, -0.25) is 14.6 Å². The molecule has 7 nitrogen and oxygen atoms in total. The van der Waals surface area contributed by atoms with E-state index in [0.29, 0.717) is 19.6 Å². The van der Waals surface area contributed by atoms with Crippen LogP contribution in [-0.2, 0) is 4.79 Å². The number of pyridine rings is 1. The molecule has 0 radical (unpaired) electrons. The van der Waals surface area contributed by atoms with E-state index in [9.17, 15) is 14.7 Å². The number of amides is 2. The highest BCUT2D eigenvalue weighted by atomic mass is 16.5. The first-order valence-corrected chi connectivity index (χ1v) is 9.33. The molecule has 7 heteroatoms. The first kappa shape index (κ1) is 18.3. The molecule has 146 valence electrons. The summed E-state index contributed by atoms with van der Waals surface area (Å²) in [6.07, 6.45) is 2.78. The van der Waals surface area contributed by atoms with Gasteiger partial charge in [-0.05, 0) is 23.8 Å². The van der Waals surface area contributed by atoms with Crippen molar-refractivity contribution in [3.05, 3.63) is 53.9 Å². The molecule has 2 fully saturated rings. The molecule has 0 spiro atoms. The van der Waals surface area contributed by atoms with Crippen LogP contribution in [0.4, 0.5) is 0 Å². The number of likely N-dealkylation sites (tertiary alicyclic amines) is 2. The van der Waals surface area contributed by atoms with Crippen molar-refractivity contribution in [3.8, 4) is 11.5 Å². The molecule has 2 amide bonds. The fourth-order valence-corrected chi connectivity index (χ4v) is 4.50. The number of methoxy groups -OCH3 is 1. The summed E-state index contributed by atoms with van der Waals surface area (Å²) in [4.78, 5) is 32.6. The van der Waals surface area contributed by atoms with Crippen LogP contribution in [0.15, 0.2) is 42.7 Å². The van der Waals surface area contributed by atoms with Gasteiger partial charge in [0.1, 0.15) is 11.5 Å². The van der Waals surface area contributed by atoms with Gasteiger partial charge in [-0.15, -0.1) is 0 Å². The van der Waals surface area contributed by atoms with Gasteiger partial charge >= 0.3 is 0 Å². The van der Waals surface area contributed by atoms with E-state index in [1.165, 1.54) is 18.5 Å². The number of aromatic hydroxyl groups is 1. The van der Waals surface area contributed by atoms with E-state index in [1.807, 2.05) is 29.2 Å². The average molecular weight is 381 g/mol. The summed E-state index contributed by atoms with van der Waals surface area (Å²) in [6.45, 7) is 3.34. The normalized spacial score (nSPS) is 23.6. The van der Waals surface area contributed by atoms with Gasteiger partial charge in [-0.25, -0.2) is 0 Å². The summed E-state index contributed by atoms with van der Waals surface area (Å²) >= 11 is 0. The van der Waals surface area contributed by atoms with Crippen LogP contribution >= 0.6 is 0 Å². The second-order valence-corrected chi connectivity index (χ2v) is 7.42. The quantitative estimate of drug-likeness (QED) is 0.880. The first-order valence-electron chi connectivity index (χ1n) is 9.33. The van der Waals surface area contributed by atoms with Crippen LogP contribution in [0.25, 0.3) is 0 Å². The zero-order valence-electron chi connectivity index (χ0n) is 15.9. The summed E-state index contributed by atoms with van der Waals surface area (Å²) in [5, 5.41) is 9.96. The van der Waals surface area contributed by atoms with E-state index in [4.69, 9.17) is 4.74 Å². The third kappa shape index (κ3) is 3.06. The lowest BCUT2D eigenvalue weighted by Crippen LogP contribution is -2.36. The molecular formula is C21H23N3O4. The van der Waals surface area contributed by atoms with Crippen molar-refractivity contribution in [1.29, 1.82) is 0 Å². The lowest BCUT2D eigenvalue weighted by Gasteiger charge is -2.29. The Morgan fingerprint density at radius 2 is 1.89 bits per heavy atom. The van der Waals surface area contributed by atoms with Crippen LogP contribution in [0.1, 0.15) is 28.9 Å². The number of benzene rings is 1. The van der Waals surface area contributed by atoms with Gasteiger partial charge in [0.05, 0.1) is 24.9 Å². The highest BCUT2D eigenvalue weighted by Crippen LogP contribution is 2.45. The monoisotopic (exact) mass is 381 g/mol. The van der Waals surface area contributed by atoms with E-state index < -0.39 is 0 Å². The highest BCUT2D eigenvalue weighted by molar-refractivity contribution is 5.96. The zero-order valence-corrected chi connectivity index (χ0v) is 15.9. The molecule has 2 aromatic rings. The fourth-order valence-electron chi connectivity index (χ4n) is 4.50. The molecule has 4 rings (SSSR count). The third-order valence-corrected chi connectivity index (χ3v) is 5.84. The summed E-state index contributed by atoms with van der Waals surface area (Å²) in [6, 6.07) is 9.23. The minimum absolute atomic E-state index is 0.0415. The minimum atomic E-state index is -0.197. The van der Waals surface area contributed by atoms with Crippen molar-refractivity contribution in [3.63, 3.8) is 0 Å². The summed E-state index contributed by atoms with van der Waals surface area (Å²) in [7, 11) is 1.62. The van der Waals surface area contributed by atoms with E-state index in [1.54, 1.807) is 18.9 Å². The fraction of sp³-hybridized carbons (Fsp3) is 0.381. The molecule has 1 N–H and O–H groups in total. The van der Waals surface area contributed by atoms with Crippen molar-refractivity contribution < 1.29 is 19.4 Å². The van der Waals surface area contributed by atoms with Crippen LogP contribution < -0.4 is 4.74 Å². The molecule has 2 aliphatic heterocycles. The van der Waals surface area contributed by atoms with Crippen LogP contribution in [0.3, 0.4) is 0 Å². The molecule has 0 bridgehead atoms. The van der Waals surface area contributed by atoms with Gasteiger partial charge in [-0.1, -0.05) is 12.1 Å². The molecule has 1 aromatic carbocycles. The van der Waals surface area contributed by atoms with Gasteiger partial charge < -0.3 is 19.6 Å². The van der Waals surface area contributed by atoms with Crippen LogP contribution in [0, 0.1) is 11.8 Å². The second-order valence-electron chi connectivity index (χ2n) is 7.42. The van der Waals surface area contributed by atoms with E-state index in [0.717, 1.165) is 11.3 Å². The van der Waals surface area contributed by atoms with Gasteiger partial charge in [0.25, 0.3) is 5.91 Å². The summed E-state index contributed by atoms with van der Waals surface area (Å²) in [5.74, 6) is 0.872. The summed E-state index contributed by atoms with van der Waals surface area (Å²) < 4.78 is 5.24. The lowest BCUT2D eigenvalue weighted by molar-refractivity contribution is -0.130. The van der Waals surface area contributed by atoms with E-state index >= 15 is 0 Å². The van der Waals surface area contributed by atoms with Gasteiger partial charge in [-0.2, -0.15) is 0 Å². The standard InChI is InChI=1S/C21H23N3O4/c1-13(25)24-11-15-10-23(21(27)17-7-8-22-9-19(17)26)12-18(15)20(24)14-3-5-16(28-2)6-4-14/h3-9,15,18,20,26H,10-12H2,1-2H3/t15-,18-,20+/m1/s1. The topological polar surface area (TPSA) is 83.0 Å². The van der Waals surface area contributed by atoms with Gasteiger partial charge in [0.15, 0.2) is 0 Å². The molecule has 1 aromatic heterocycles. The molecule has 28 heavy (non-hydrogen) atoms. The molecule has 0 unspecified atom stereocenters.